The molecule has 0 aliphatic carbocycles. The summed E-state index contributed by atoms with van der Waals surface area (Å²) in [4.78, 5) is 17.5. The smallest absolute Gasteiger partial charge is 0.255 e. The molecule has 1 fully saturated rings. The number of ether oxygens (including phenoxy) is 1. The van der Waals surface area contributed by atoms with Gasteiger partial charge in [-0.2, -0.15) is 0 Å². The van der Waals surface area contributed by atoms with Crippen LogP contribution in [0.2, 0.25) is 0 Å². The second-order valence-electron chi connectivity index (χ2n) is 5.52. The molecule has 1 saturated heterocycles. The number of hydrogen-bond acceptors (Lipinski definition) is 2. The van der Waals surface area contributed by atoms with E-state index < -0.39 is 0 Å². The van der Waals surface area contributed by atoms with E-state index >= 15 is 0 Å². The summed E-state index contributed by atoms with van der Waals surface area (Å²) in [5.74, 6) is 0.538. The SMILES string of the molecule is CN(CC1CCCOC1)C(=O)c1c[nH]c2ccccc12. The van der Waals surface area contributed by atoms with Crippen molar-refractivity contribution >= 4 is 16.8 Å². The van der Waals surface area contributed by atoms with Crippen molar-refractivity contribution < 1.29 is 9.53 Å². The van der Waals surface area contributed by atoms with Crippen LogP contribution >= 0.6 is 0 Å². The average Bonchev–Trinajstić information content (AvgIpc) is 2.91. The molecule has 0 saturated carbocycles. The summed E-state index contributed by atoms with van der Waals surface area (Å²) in [6.45, 7) is 2.39. The van der Waals surface area contributed by atoms with Gasteiger partial charge in [-0.25, -0.2) is 0 Å². The second-order valence-corrected chi connectivity index (χ2v) is 5.52. The Morgan fingerprint density at radius 2 is 2.30 bits per heavy atom. The normalized spacial score (nSPS) is 19.1. The lowest BCUT2D eigenvalue weighted by atomic mass is 10.0. The van der Waals surface area contributed by atoms with Crippen LogP contribution in [0, 0.1) is 5.92 Å². The van der Waals surface area contributed by atoms with Crippen molar-refractivity contribution in [3.63, 3.8) is 0 Å². The predicted molar refractivity (Wildman–Crippen MR) is 78.8 cm³/mol. The molecule has 2 heterocycles. The number of rotatable bonds is 3. The van der Waals surface area contributed by atoms with Gasteiger partial charge < -0.3 is 14.6 Å². The fourth-order valence-electron chi connectivity index (χ4n) is 2.88. The topological polar surface area (TPSA) is 45.3 Å². The quantitative estimate of drug-likeness (QED) is 0.933. The maximum absolute atomic E-state index is 12.6. The number of carbonyl (C=O) groups is 1. The van der Waals surface area contributed by atoms with E-state index in [-0.39, 0.29) is 5.91 Å². The van der Waals surface area contributed by atoms with Gasteiger partial charge in [-0.05, 0) is 24.8 Å². The monoisotopic (exact) mass is 272 g/mol. The Kier molecular flexibility index (Phi) is 3.74. The number of carbonyl (C=O) groups excluding carboxylic acids is 1. The maximum atomic E-state index is 12.6. The lowest BCUT2D eigenvalue weighted by Gasteiger charge is -2.27. The fraction of sp³-hybridized carbons (Fsp3) is 0.438. The molecular weight excluding hydrogens is 252 g/mol. The molecule has 1 aromatic carbocycles. The van der Waals surface area contributed by atoms with Crippen LogP contribution in [0.25, 0.3) is 10.9 Å². The van der Waals surface area contributed by atoms with Gasteiger partial charge in [0.15, 0.2) is 0 Å². The minimum atomic E-state index is 0.0769. The Morgan fingerprint density at radius 1 is 1.45 bits per heavy atom. The van der Waals surface area contributed by atoms with Crippen molar-refractivity contribution in [3.8, 4) is 0 Å². The molecule has 1 atom stereocenters. The van der Waals surface area contributed by atoms with Gasteiger partial charge in [0.05, 0.1) is 12.2 Å². The Labute approximate surface area is 118 Å². The highest BCUT2D eigenvalue weighted by Crippen LogP contribution is 2.20. The van der Waals surface area contributed by atoms with Crippen molar-refractivity contribution in [3.05, 3.63) is 36.0 Å². The summed E-state index contributed by atoms with van der Waals surface area (Å²) in [5.41, 5.74) is 1.75. The van der Waals surface area contributed by atoms with Gasteiger partial charge in [0.1, 0.15) is 0 Å². The lowest BCUT2D eigenvalue weighted by molar-refractivity contribution is 0.0389. The highest BCUT2D eigenvalue weighted by Gasteiger charge is 2.21. The summed E-state index contributed by atoms with van der Waals surface area (Å²) < 4.78 is 5.48. The molecule has 106 valence electrons. The van der Waals surface area contributed by atoms with Gasteiger partial charge in [-0.3, -0.25) is 4.79 Å². The zero-order chi connectivity index (χ0) is 13.9. The molecule has 0 bridgehead atoms. The summed E-state index contributed by atoms with van der Waals surface area (Å²) in [7, 11) is 1.87. The number of benzene rings is 1. The number of aromatic amines is 1. The number of nitrogens with one attached hydrogen (secondary N) is 1. The molecule has 1 amide bonds. The highest BCUT2D eigenvalue weighted by atomic mass is 16.5. The molecule has 0 spiro atoms. The Morgan fingerprint density at radius 3 is 3.10 bits per heavy atom. The van der Waals surface area contributed by atoms with Crippen molar-refractivity contribution in [2.24, 2.45) is 5.92 Å². The third kappa shape index (κ3) is 2.56. The van der Waals surface area contributed by atoms with Crippen LogP contribution in [-0.4, -0.2) is 42.6 Å². The summed E-state index contributed by atoms with van der Waals surface area (Å²) in [6.07, 6.45) is 4.05. The van der Waals surface area contributed by atoms with Crippen LogP contribution in [0.5, 0.6) is 0 Å². The van der Waals surface area contributed by atoms with Crippen molar-refractivity contribution in [1.29, 1.82) is 0 Å². The van der Waals surface area contributed by atoms with Gasteiger partial charge >= 0.3 is 0 Å². The highest BCUT2D eigenvalue weighted by molar-refractivity contribution is 6.06. The number of fused-ring (bicyclic) bond motifs is 1. The summed E-state index contributed by atoms with van der Waals surface area (Å²) in [5, 5.41) is 0.990. The zero-order valence-electron chi connectivity index (χ0n) is 11.8. The standard InChI is InChI=1S/C16H20N2O2/c1-18(10-12-5-4-8-20-11-12)16(19)14-9-17-15-7-3-2-6-13(14)15/h2-3,6-7,9,12,17H,4-5,8,10-11H2,1H3. The lowest BCUT2D eigenvalue weighted by Crippen LogP contribution is -2.35. The summed E-state index contributed by atoms with van der Waals surface area (Å²) >= 11 is 0. The number of H-pyrrole nitrogens is 1. The van der Waals surface area contributed by atoms with E-state index in [0.717, 1.165) is 49.1 Å². The third-order valence-corrected chi connectivity index (χ3v) is 3.95. The van der Waals surface area contributed by atoms with Crippen LogP contribution in [0.4, 0.5) is 0 Å². The number of nitrogens with zero attached hydrogens (tertiary/aromatic N) is 1. The minimum absolute atomic E-state index is 0.0769. The maximum Gasteiger partial charge on any atom is 0.255 e. The van der Waals surface area contributed by atoms with E-state index in [1.165, 1.54) is 0 Å². The molecule has 3 rings (SSSR count). The molecule has 2 aromatic rings. The Bertz CT molecular complexity index is 599. The van der Waals surface area contributed by atoms with Crippen molar-refractivity contribution in [1.82, 2.24) is 9.88 Å². The molecule has 1 unspecified atom stereocenters. The van der Waals surface area contributed by atoms with E-state index in [1.54, 1.807) is 6.20 Å². The Hall–Kier alpha value is -1.81. The first-order valence-corrected chi connectivity index (χ1v) is 7.15. The van der Waals surface area contributed by atoms with E-state index in [9.17, 15) is 4.79 Å². The molecule has 20 heavy (non-hydrogen) atoms. The van der Waals surface area contributed by atoms with Crippen LogP contribution < -0.4 is 0 Å². The molecule has 1 aromatic heterocycles. The molecule has 1 aliphatic rings. The molecular formula is C16H20N2O2. The zero-order valence-corrected chi connectivity index (χ0v) is 11.8. The van der Waals surface area contributed by atoms with Gasteiger partial charge in [0.25, 0.3) is 5.91 Å². The van der Waals surface area contributed by atoms with Gasteiger partial charge in [-0.15, -0.1) is 0 Å². The number of amides is 1. The van der Waals surface area contributed by atoms with Crippen LogP contribution in [0.1, 0.15) is 23.2 Å². The van der Waals surface area contributed by atoms with Gasteiger partial charge in [0, 0.05) is 37.3 Å². The van der Waals surface area contributed by atoms with Crippen LogP contribution in [0.3, 0.4) is 0 Å². The second kappa shape index (κ2) is 5.67. The van der Waals surface area contributed by atoms with E-state index in [1.807, 2.05) is 36.2 Å². The molecule has 1 N–H and O–H groups in total. The minimum Gasteiger partial charge on any atom is -0.381 e. The van der Waals surface area contributed by atoms with Gasteiger partial charge in [-0.1, -0.05) is 18.2 Å². The first-order valence-electron chi connectivity index (χ1n) is 7.15. The third-order valence-electron chi connectivity index (χ3n) is 3.95. The van der Waals surface area contributed by atoms with Gasteiger partial charge in [0.2, 0.25) is 0 Å². The number of aromatic nitrogens is 1. The molecule has 0 radical (unpaired) electrons. The van der Waals surface area contributed by atoms with Crippen LogP contribution in [-0.2, 0) is 4.74 Å². The first-order chi connectivity index (χ1) is 9.75. The number of hydrogen-bond donors (Lipinski definition) is 1. The predicted octanol–water partition coefficient (Wildman–Crippen LogP) is 2.67. The fourth-order valence-corrected chi connectivity index (χ4v) is 2.88. The van der Waals surface area contributed by atoms with E-state index in [2.05, 4.69) is 4.98 Å². The Balaban J connectivity index is 1.74. The van der Waals surface area contributed by atoms with Crippen molar-refractivity contribution in [2.45, 2.75) is 12.8 Å². The van der Waals surface area contributed by atoms with E-state index in [4.69, 9.17) is 4.74 Å². The molecule has 1 aliphatic heterocycles. The largest absolute Gasteiger partial charge is 0.381 e. The van der Waals surface area contributed by atoms with Crippen molar-refractivity contribution in [2.75, 3.05) is 26.8 Å². The van der Waals surface area contributed by atoms with E-state index in [0.29, 0.717) is 5.92 Å². The summed E-state index contributed by atoms with van der Waals surface area (Å²) in [6, 6.07) is 7.90. The number of para-hydroxylation sites is 1. The average molecular weight is 272 g/mol. The molecule has 4 nitrogen and oxygen atoms in total. The van der Waals surface area contributed by atoms with Crippen LogP contribution in [0.15, 0.2) is 30.5 Å². The molecule has 4 heteroatoms. The first kappa shape index (κ1) is 13.2.